The molecule has 19 heavy (non-hydrogen) atoms. The van der Waals surface area contributed by atoms with Crippen LogP contribution in [0.1, 0.15) is 11.4 Å². The normalized spacial score (nSPS) is 10.3. The highest BCUT2D eigenvalue weighted by Gasteiger charge is 2.11. The Bertz CT molecular complexity index is 626. The molecule has 1 aromatic heterocycles. The van der Waals surface area contributed by atoms with Gasteiger partial charge in [0, 0.05) is 12.1 Å². The summed E-state index contributed by atoms with van der Waals surface area (Å²) in [7, 11) is 0. The van der Waals surface area contributed by atoms with Crippen molar-refractivity contribution in [2.24, 2.45) is 0 Å². The molecule has 0 saturated carbocycles. The van der Waals surface area contributed by atoms with Gasteiger partial charge in [-0.15, -0.1) is 0 Å². The van der Waals surface area contributed by atoms with Crippen molar-refractivity contribution in [3.8, 4) is 11.6 Å². The second-order valence-corrected chi connectivity index (χ2v) is 4.27. The zero-order valence-corrected chi connectivity index (χ0v) is 11.0. The van der Waals surface area contributed by atoms with Gasteiger partial charge in [0.15, 0.2) is 0 Å². The lowest BCUT2D eigenvalue weighted by molar-refractivity contribution is -0.384. The van der Waals surface area contributed by atoms with Gasteiger partial charge in [-0.25, -0.2) is 4.98 Å². The van der Waals surface area contributed by atoms with Crippen LogP contribution in [0.4, 0.5) is 5.69 Å². The smallest absolute Gasteiger partial charge is 0.273 e. The first kappa shape index (κ1) is 13.2. The molecule has 0 fully saturated rings. The molecule has 0 bridgehead atoms. The van der Waals surface area contributed by atoms with Crippen molar-refractivity contribution in [3.05, 3.63) is 50.9 Å². The van der Waals surface area contributed by atoms with Crippen LogP contribution < -0.4 is 4.74 Å². The number of ether oxygens (including phenoxy) is 1. The van der Waals surface area contributed by atoms with Gasteiger partial charge in [0.1, 0.15) is 16.7 Å². The molecule has 1 aromatic carbocycles. The number of nitro benzene ring substituents is 1. The fraction of sp³-hybridized carbons (Fsp3) is 0.167. The second kappa shape index (κ2) is 5.19. The summed E-state index contributed by atoms with van der Waals surface area (Å²) < 4.78 is 5.52. The number of non-ortho nitro benzene ring substituents is 1. The molecule has 2 aromatic rings. The fourth-order valence-electron chi connectivity index (χ4n) is 1.48. The van der Waals surface area contributed by atoms with Crippen LogP contribution in [-0.2, 0) is 0 Å². The zero-order chi connectivity index (χ0) is 14.0. The van der Waals surface area contributed by atoms with Gasteiger partial charge in [-0.1, -0.05) is 11.6 Å². The van der Waals surface area contributed by atoms with E-state index in [0.29, 0.717) is 11.6 Å². The van der Waals surface area contributed by atoms with E-state index in [9.17, 15) is 10.1 Å². The van der Waals surface area contributed by atoms with Crippen LogP contribution in [0.3, 0.4) is 0 Å². The Morgan fingerprint density at radius 3 is 2.63 bits per heavy atom. The maximum absolute atomic E-state index is 10.7. The summed E-state index contributed by atoms with van der Waals surface area (Å²) in [5.74, 6) is 1.08. The standard InChI is InChI=1S/C12H10ClN3O3/c1-7-3-4-9(16(17)18)5-10(7)19-12-6-11(13)14-8(2)15-12/h3-6H,1-2H3. The predicted molar refractivity (Wildman–Crippen MR) is 69.7 cm³/mol. The molecule has 0 spiro atoms. The van der Waals surface area contributed by atoms with Crippen LogP contribution in [0.25, 0.3) is 0 Å². The summed E-state index contributed by atoms with van der Waals surface area (Å²) >= 11 is 5.80. The molecule has 0 saturated heterocycles. The highest BCUT2D eigenvalue weighted by atomic mass is 35.5. The maximum Gasteiger partial charge on any atom is 0.273 e. The fourth-order valence-corrected chi connectivity index (χ4v) is 1.70. The quantitative estimate of drug-likeness (QED) is 0.488. The number of nitro groups is 1. The zero-order valence-electron chi connectivity index (χ0n) is 10.3. The topological polar surface area (TPSA) is 78.2 Å². The number of halogens is 1. The summed E-state index contributed by atoms with van der Waals surface area (Å²) in [6, 6.07) is 5.83. The van der Waals surface area contributed by atoms with Crippen LogP contribution in [0.2, 0.25) is 5.15 Å². The molecule has 0 aliphatic carbocycles. The Morgan fingerprint density at radius 1 is 1.26 bits per heavy atom. The minimum absolute atomic E-state index is 0.0440. The van der Waals surface area contributed by atoms with E-state index >= 15 is 0 Å². The summed E-state index contributed by atoms with van der Waals surface area (Å²) in [6.07, 6.45) is 0. The summed E-state index contributed by atoms with van der Waals surface area (Å²) in [6.45, 7) is 3.47. The Balaban J connectivity index is 2.37. The van der Waals surface area contributed by atoms with Crippen LogP contribution in [0.15, 0.2) is 24.3 Å². The Kier molecular flexibility index (Phi) is 3.62. The van der Waals surface area contributed by atoms with Crippen molar-refractivity contribution >= 4 is 17.3 Å². The number of nitrogens with zero attached hydrogens (tertiary/aromatic N) is 3. The van der Waals surface area contributed by atoms with Crippen LogP contribution in [-0.4, -0.2) is 14.9 Å². The van der Waals surface area contributed by atoms with Crippen molar-refractivity contribution in [3.63, 3.8) is 0 Å². The molecule has 1 heterocycles. The SMILES string of the molecule is Cc1nc(Cl)cc(Oc2cc([N+](=O)[O-])ccc2C)n1. The van der Waals surface area contributed by atoms with Crippen LogP contribution in [0.5, 0.6) is 11.6 Å². The third kappa shape index (κ3) is 3.17. The van der Waals surface area contributed by atoms with Crippen molar-refractivity contribution in [2.45, 2.75) is 13.8 Å². The lowest BCUT2D eigenvalue weighted by atomic mass is 10.2. The van der Waals surface area contributed by atoms with Gasteiger partial charge in [0.05, 0.1) is 11.0 Å². The van der Waals surface area contributed by atoms with Gasteiger partial charge in [-0.05, 0) is 25.5 Å². The molecule has 0 N–H and O–H groups in total. The van der Waals surface area contributed by atoms with Gasteiger partial charge in [-0.2, -0.15) is 4.98 Å². The molecule has 0 aliphatic rings. The Morgan fingerprint density at radius 2 is 2.00 bits per heavy atom. The molecule has 0 amide bonds. The highest BCUT2D eigenvalue weighted by molar-refractivity contribution is 6.29. The maximum atomic E-state index is 10.7. The average Bonchev–Trinajstić information content (AvgIpc) is 2.30. The number of aromatic nitrogens is 2. The van der Waals surface area contributed by atoms with E-state index in [0.717, 1.165) is 5.56 Å². The van der Waals surface area contributed by atoms with E-state index in [1.165, 1.54) is 18.2 Å². The summed E-state index contributed by atoms with van der Waals surface area (Å²) in [4.78, 5) is 18.2. The van der Waals surface area contributed by atoms with Crippen molar-refractivity contribution < 1.29 is 9.66 Å². The van der Waals surface area contributed by atoms with Gasteiger partial charge >= 0.3 is 0 Å². The summed E-state index contributed by atoms with van der Waals surface area (Å²) in [5, 5.41) is 11.0. The van der Waals surface area contributed by atoms with Gasteiger partial charge in [0.25, 0.3) is 5.69 Å². The van der Waals surface area contributed by atoms with Gasteiger partial charge < -0.3 is 4.74 Å². The lowest BCUT2D eigenvalue weighted by Crippen LogP contribution is -1.96. The van der Waals surface area contributed by atoms with E-state index in [1.807, 2.05) is 0 Å². The molecule has 0 atom stereocenters. The first-order valence-corrected chi connectivity index (χ1v) is 5.77. The molecule has 0 unspecified atom stereocenters. The van der Waals surface area contributed by atoms with Gasteiger partial charge in [0.2, 0.25) is 5.88 Å². The van der Waals surface area contributed by atoms with E-state index in [-0.39, 0.29) is 16.7 Å². The molecule has 2 rings (SSSR count). The molecule has 0 aliphatic heterocycles. The number of benzene rings is 1. The van der Waals surface area contributed by atoms with Crippen molar-refractivity contribution in [1.29, 1.82) is 0 Å². The number of rotatable bonds is 3. The molecule has 0 radical (unpaired) electrons. The Hall–Kier alpha value is -2.21. The molecular formula is C12H10ClN3O3. The molecule has 6 nitrogen and oxygen atoms in total. The third-order valence-electron chi connectivity index (χ3n) is 2.38. The molecule has 98 valence electrons. The summed E-state index contributed by atoms with van der Waals surface area (Å²) in [5.41, 5.74) is 0.718. The Labute approximate surface area is 114 Å². The minimum Gasteiger partial charge on any atom is -0.438 e. The number of hydrogen-bond donors (Lipinski definition) is 0. The molecule has 7 heteroatoms. The average molecular weight is 280 g/mol. The number of hydrogen-bond acceptors (Lipinski definition) is 5. The molecular weight excluding hydrogens is 270 g/mol. The largest absolute Gasteiger partial charge is 0.438 e. The van der Waals surface area contributed by atoms with E-state index in [4.69, 9.17) is 16.3 Å². The first-order valence-electron chi connectivity index (χ1n) is 5.40. The lowest BCUT2D eigenvalue weighted by Gasteiger charge is -2.08. The van der Waals surface area contributed by atoms with Crippen LogP contribution >= 0.6 is 11.6 Å². The minimum atomic E-state index is -0.482. The predicted octanol–water partition coefficient (Wildman–Crippen LogP) is 3.45. The van der Waals surface area contributed by atoms with E-state index in [1.54, 1.807) is 19.9 Å². The van der Waals surface area contributed by atoms with Crippen molar-refractivity contribution in [2.75, 3.05) is 0 Å². The first-order chi connectivity index (χ1) is 8.95. The monoisotopic (exact) mass is 279 g/mol. The highest BCUT2D eigenvalue weighted by Crippen LogP contribution is 2.28. The third-order valence-corrected chi connectivity index (χ3v) is 2.57. The van der Waals surface area contributed by atoms with E-state index < -0.39 is 4.92 Å². The van der Waals surface area contributed by atoms with Crippen molar-refractivity contribution in [1.82, 2.24) is 9.97 Å². The van der Waals surface area contributed by atoms with E-state index in [2.05, 4.69) is 9.97 Å². The number of aryl methyl sites for hydroxylation is 2. The van der Waals surface area contributed by atoms with Gasteiger partial charge in [-0.3, -0.25) is 10.1 Å². The van der Waals surface area contributed by atoms with Crippen LogP contribution in [0, 0.1) is 24.0 Å². The second-order valence-electron chi connectivity index (χ2n) is 3.89.